The van der Waals surface area contributed by atoms with Crippen molar-refractivity contribution >= 4 is 11.6 Å². The van der Waals surface area contributed by atoms with Crippen LogP contribution in [-0.2, 0) is 6.42 Å². The molecule has 2 aromatic rings. The van der Waals surface area contributed by atoms with E-state index >= 15 is 0 Å². The van der Waals surface area contributed by atoms with Crippen molar-refractivity contribution in [2.45, 2.75) is 26.7 Å². The summed E-state index contributed by atoms with van der Waals surface area (Å²) in [5, 5.41) is 0.582. The summed E-state index contributed by atoms with van der Waals surface area (Å²) in [7, 11) is 0. The molecule has 0 aliphatic heterocycles. The van der Waals surface area contributed by atoms with Crippen LogP contribution in [0.1, 0.15) is 24.6 Å². The molecule has 0 fully saturated rings. The normalized spacial score (nSPS) is 10.5. The van der Waals surface area contributed by atoms with Crippen LogP contribution in [0.15, 0.2) is 30.3 Å². The van der Waals surface area contributed by atoms with E-state index in [1.165, 1.54) is 0 Å². The highest BCUT2D eigenvalue weighted by atomic mass is 35.5. The lowest BCUT2D eigenvalue weighted by Gasteiger charge is -2.08. The van der Waals surface area contributed by atoms with Gasteiger partial charge in [0.1, 0.15) is 5.15 Å². The van der Waals surface area contributed by atoms with Crippen molar-refractivity contribution < 1.29 is 0 Å². The molecule has 0 spiro atoms. The fourth-order valence-corrected chi connectivity index (χ4v) is 2.12. The first kappa shape index (κ1) is 12.1. The number of aromatic nitrogens is 2. The number of nitrogens with zero attached hydrogens (tertiary/aromatic N) is 2. The van der Waals surface area contributed by atoms with Crippen LogP contribution in [-0.4, -0.2) is 9.97 Å². The summed E-state index contributed by atoms with van der Waals surface area (Å²) in [4.78, 5) is 8.90. The van der Waals surface area contributed by atoms with E-state index in [9.17, 15) is 0 Å². The van der Waals surface area contributed by atoms with Crippen LogP contribution < -0.4 is 0 Å². The summed E-state index contributed by atoms with van der Waals surface area (Å²) in [5.74, 6) is 0.702. The Morgan fingerprint density at radius 3 is 2.41 bits per heavy atom. The molecule has 1 aromatic carbocycles. The Hall–Kier alpha value is -1.41. The molecule has 0 aliphatic rings. The number of halogens is 1. The molecule has 3 heteroatoms. The van der Waals surface area contributed by atoms with Crippen molar-refractivity contribution in [3.63, 3.8) is 0 Å². The van der Waals surface area contributed by atoms with Gasteiger partial charge in [-0.25, -0.2) is 9.97 Å². The number of hydrogen-bond donors (Lipinski definition) is 0. The molecule has 0 saturated carbocycles. The van der Waals surface area contributed by atoms with E-state index in [-0.39, 0.29) is 0 Å². The van der Waals surface area contributed by atoms with Crippen LogP contribution >= 0.6 is 11.6 Å². The first-order valence-corrected chi connectivity index (χ1v) is 6.18. The summed E-state index contributed by atoms with van der Waals surface area (Å²) >= 11 is 6.21. The minimum Gasteiger partial charge on any atom is -0.233 e. The molecule has 0 amide bonds. The highest BCUT2D eigenvalue weighted by molar-refractivity contribution is 6.30. The molecule has 88 valence electrons. The zero-order valence-electron chi connectivity index (χ0n) is 10.1. The van der Waals surface area contributed by atoms with Crippen molar-refractivity contribution in [2.24, 2.45) is 0 Å². The van der Waals surface area contributed by atoms with E-state index < -0.39 is 0 Å². The van der Waals surface area contributed by atoms with E-state index in [1.807, 2.05) is 37.3 Å². The molecular weight excluding hydrogens is 232 g/mol. The average molecular weight is 247 g/mol. The van der Waals surface area contributed by atoms with E-state index in [1.54, 1.807) is 0 Å². The highest BCUT2D eigenvalue weighted by Gasteiger charge is 2.10. The maximum Gasteiger partial charge on any atom is 0.161 e. The summed E-state index contributed by atoms with van der Waals surface area (Å²) in [5.41, 5.74) is 3.04. The Morgan fingerprint density at radius 2 is 1.82 bits per heavy atom. The molecule has 17 heavy (non-hydrogen) atoms. The van der Waals surface area contributed by atoms with Gasteiger partial charge in [-0.1, -0.05) is 55.3 Å². The number of hydrogen-bond acceptors (Lipinski definition) is 2. The van der Waals surface area contributed by atoms with Crippen molar-refractivity contribution in [3.8, 4) is 11.4 Å². The Balaban J connectivity index is 2.46. The molecule has 0 bridgehead atoms. The quantitative estimate of drug-likeness (QED) is 0.764. The van der Waals surface area contributed by atoms with Crippen molar-refractivity contribution in [3.05, 3.63) is 46.7 Å². The first-order chi connectivity index (χ1) is 8.22. The van der Waals surface area contributed by atoms with Gasteiger partial charge in [-0.2, -0.15) is 0 Å². The zero-order chi connectivity index (χ0) is 12.3. The van der Waals surface area contributed by atoms with Gasteiger partial charge in [-0.05, 0) is 13.3 Å². The predicted octanol–water partition coefficient (Wildman–Crippen LogP) is 4.06. The van der Waals surface area contributed by atoms with Crippen LogP contribution in [0.2, 0.25) is 5.15 Å². The molecule has 0 radical (unpaired) electrons. The maximum atomic E-state index is 6.21. The number of aryl methyl sites for hydroxylation is 1. The second-order valence-electron chi connectivity index (χ2n) is 4.02. The fraction of sp³-hybridized carbons (Fsp3) is 0.286. The SMILES string of the molecule is CCCc1c(C)nc(-c2ccccc2)nc1Cl. The van der Waals surface area contributed by atoms with E-state index in [4.69, 9.17) is 11.6 Å². The van der Waals surface area contributed by atoms with Gasteiger partial charge >= 0.3 is 0 Å². The maximum absolute atomic E-state index is 6.21. The zero-order valence-corrected chi connectivity index (χ0v) is 10.8. The second kappa shape index (κ2) is 5.28. The lowest BCUT2D eigenvalue weighted by Crippen LogP contribution is -2.00. The molecule has 2 rings (SSSR count). The van der Waals surface area contributed by atoms with Crippen LogP contribution in [0.4, 0.5) is 0 Å². The van der Waals surface area contributed by atoms with Gasteiger partial charge in [0.2, 0.25) is 0 Å². The predicted molar refractivity (Wildman–Crippen MR) is 71.2 cm³/mol. The largest absolute Gasteiger partial charge is 0.233 e. The summed E-state index contributed by atoms with van der Waals surface area (Å²) in [6.45, 7) is 4.12. The van der Waals surface area contributed by atoms with Crippen LogP contribution in [0, 0.1) is 6.92 Å². The molecule has 0 N–H and O–H groups in total. The highest BCUT2D eigenvalue weighted by Crippen LogP contribution is 2.22. The number of benzene rings is 1. The number of rotatable bonds is 3. The van der Waals surface area contributed by atoms with E-state index in [0.717, 1.165) is 29.7 Å². The summed E-state index contributed by atoms with van der Waals surface area (Å²) < 4.78 is 0. The topological polar surface area (TPSA) is 25.8 Å². The molecule has 0 saturated heterocycles. The molecule has 0 atom stereocenters. The fourth-order valence-electron chi connectivity index (χ4n) is 1.81. The van der Waals surface area contributed by atoms with Crippen LogP contribution in [0.3, 0.4) is 0 Å². The molecule has 0 unspecified atom stereocenters. The van der Waals surface area contributed by atoms with Crippen LogP contribution in [0.25, 0.3) is 11.4 Å². The summed E-state index contributed by atoms with van der Waals surface area (Å²) in [6.07, 6.45) is 1.98. The summed E-state index contributed by atoms with van der Waals surface area (Å²) in [6, 6.07) is 9.91. The first-order valence-electron chi connectivity index (χ1n) is 5.80. The Bertz CT molecular complexity index is 486. The van der Waals surface area contributed by atoms with Crippen molar-refractivity contribution in [1.82, 2.24) is 9.97 Å². The minimum absolute atomic E-state index is 0.582. The smallest absolute Gasteiger partial charge is 0.161 e. The van der Waals surface area contributed by atoms with Gasteiger partial charge in [-0.15, -0.1) is 0 Å². The lowest BCUT2D eigenvalue weighted by atomic mass is 10.1. The Morgan fingerprint density at radius 1 is 1.12 bits per heavy atom. The van der Waals surface area contributed by atoms with E-state index in [2.05, 4.69) is 16.9 Å². The molecular formula is C14H15ClN2. The standard InChI is InChI=1S/C14H15ClN2/c1-3-7-12-10(2)16-14(17-13(12)15)11-8-5-4-6-9-11/h4-6,8-9H,3,7H2,1-2H3. The van der Waals surface area contributed by atoms with Crippen molar-refractivity contribution in [1.29, 1.82) is 0 Å². The third kappa shape index (κ3) is 2.64. The molecule has 1 heterocycles. The van der Waals surface area contributed by atoms with Crippen LogP contribution in [0.5, 0.6) is 0 Å². The van der Waals surface area contributed by atoms with Gasteiger partial charge in [0.05, 0.1) is 0 Å². The van der Waals surface area contributed by atoms with Gasteiger partial charge in [0.15, 0.2) is 5.82 Å². The third-order valence-corrected chi connectivity index (χ3v) is 3.01. The monoisotopic (exact) mass is 246 g/mol. The second-order valence-corrected chi connectivity index (χ2v) is 4.38. The molecule has 0 aliphatic carbocycles. The average Bonchev–Trinajstić information content (AvgIpc) is 2.35. The van der Waals surface area contributed by atoms with Gasteiger partial charge < -0.3 is 0 Å². The Labute approximate surface area is 107 Å². The van der Waals surface area contributed by atoms with Crippen molar-refractivity contribution in [2.75, 3.05) is 0 Å². The van der Waals surface area contributed by atoms with Gasteiger partial charge in [-0.3, -0.25) is 0 Å². The van der Waals surface area contributed by atoms with Gasteiger partial charge in [0, 0.05) is 16.8 Å². The van der Waals surface area contributed by atoms with Gasteiger partial charge in [0.25, 0.3) is 0 Å². The Kier molecular flexibility index (Phi) is 3.75. The molecule has 1 aromatic heterocycles. The molecule has 2 nitrogen and oxygen atoms in total. The minimum atomic E-state index is 0.582. The lowest BCUT2D eigenvalue weighted by molar-refractivity contribution is 0.885. The third-order valence-electron chi connectivity index (χ3n) is 2.70. The van der Waals surface area contributed by atoms with E-state index in [0.29, 0.717) is 11.0 Å².